The molecule has 94 valence electrons. The van der Waals surface area contributed by atoms with Crippen molar-refractivity contribution in [3.05, 3.63) is 65.5 Å². The zero-order valence-corrected chi connectivity index (χ0v) is 11.4. The Balaban J connectivity index is 2.02. The zero-order chi connectivity index (χ0) is 12.8. The molecule has 0 aliphatic heterocycles. The molecule has 0 amide bonds. The first-order valence-electron chi connectivity index (χ1n) is 6.07. The molecule has 1 unspecified atom stereocenters. The Morgan fingerprint density at radius 2 is 1.89 bits per heavy atom. The van der Waals surface area contributed by atoms with E-state index in [-0.39, 0.29) is 0 Å². The van der Waals surface area contributed by atoms with Gasteiger partial charge in [0.15, 0.2) is 0 Å². The summed E-state index contributed by atoms with van der Waals surface area (Å²) >= 11 is 1.89. The van der Waals surface area contributed by atoms with Crippen molar-refractivity contribution in [3.63, 3.8) is 0 Å². The number of aromatic nitrogens is 1. The first-order valence-corrected chi connectivity index (χ1v) is 7.12. The number of hydrogen-bond donors (Lipinski definition) is 1. The molecule has 0 aliphatic carbocycles. The molecular formula is C15H18N2S. The van der Waals surface area contributed by atoms with Gasteiger partial charge in [0, 0.05) is 29.9 Å². The van der Waals surface area contributed by atoms with Gasteiger partial charge in [-0.05, 0) is 35.7 Å². The van der Waals surface area contributed by atoms with Crippen LogP contribution in [0.3, 0.4) is 0 Å². The molecule has 0 bridgehead atoms. The smallest absolute Gasteiger partial charge is 0.0424 e. The van der Waals surface area contributed by atoms with Crippen LogP contribution in [0.1, 0.15) is 21.9 Å². The van der Waals surface area contributed by atoms with Gasteiger partial charge in [0.1, 0.15) is 0 Å². The van der Waals surface area contributed by atoms with Gasteiger partial charge in [-0.15, -0.1) is 11.8 Å². The van der Waals surface area contributed by atoms with Crippen molar-refractivity contribution in [2.75, 3.05) is 6.54 Å². The minimum atomic E-state index is 0.340. The van der Waals surface area contributed by atoms with E-state index < -0.39 is 0 Å². The molecule has 2 nitrogen and oxygen atoms in total. The quantitative estimate of drug-likeness (QED) is 0.894. The summed E-state index contributed by atoms with van der Waals surface area (Å²) in [4.78, 5) is 4.04. The fourth-order valence-corrected chi connectivity index (χ4v) is 3.03. The Morgan fingerprint density at radius 1 is 1.17 bits per heavy atom. The lowest BCUT2D eigenvalue weighted by molar-refractivity contribution is 0.936. The van der Waals surface area contributed by atoms with Gasteiger partial charge in [0.2, 0.25) is 0 Å². The second-order valence-electron chi connectivity index (χ2n) is 4.24. The number of hydrogen-bond acceptors (Lipinski definition) is 3. The summed E-state index contributed by atoms with van der Waals surface area (Å²) < 4.78 is 0. The van der Waals surface area contributed by atoms with E-state index in [2.05, 4.69) is 36.2 Å². The lowest BCUT2D eigenvalue weighted by Gasteiger charge is -2.15. The van der Waals surface area contributed by atoms with E-state index in [0.29, 0.717) is 11.8 Å². The average molecular weight is 258 g/mol. The molecule has 1 aromatic carbocycles. The average Bonchev–Trinajstić information content (AvgIpc) is 2.42. The third kappa shape index (κ3) is 3.34. The lowest BCUT2D eigenvalue weighted by atomic mass is 10.1. The van der Waals surface area contributed by atoms with E-state index in [4.69, 9.17) is 5.73 Å². The maximum atomic E-state index is 5.87. The van der Waals surface area contributed by atoms with Gasteiger partial charge in [0.25, 0.3) is 0 Å². The van der Waals surface area contributed by atoms with Crippen LogP contribution in [0.15, 0.2) is 48.8 Å². The molecule has 2 N–H and O–H groups in total. The third-order valence-electron chi connectivity index (χ3n) is 2.99. The fourth-order valence-electron chi connectivity index (χ4n) is 1.84. The minimum absolute atomic E-state index is 0.340. The van der Waals surface area contributed by atoms with Crippen molar-refractivity contribution >= 4 is 11.8 Å². The molecule has 0 aliphatic rings. The predicted octanol–water partition coefficient (Wildman–Crippen LogP) is 3.32. The zero-order valence-electron chi connectivity index (χ0n) is 10.5. The Labute approximate surface area is 113 Å². The van der Waals surface area contributed by atoms with E-state index in [1.807, 2.05) is 36.3 Å². The summed E-state index contributed by atoms with van der Waals surface area (Å²) in [6.45, 7) is 2.81. The second-order valence-corrected chi connectivity index (χ2v) is 5.43. The number of rotatable bonds is 5. The summed E-state index contributed by atoms with van der Waals surface area (Å²) in [5.41, 5.74) is 9.85. The molecule has 0 fully saturated rings. The van der Waals surface area contributed by atoms with Crippen LogP contribution < -0.4 is 5.73 Å². The summed E-state index contributed by atoms with van der Waals surface area (Å²) in [5.74, 6) is 0.997. The van der Waals surface area contributed by atoms with Crippen LogP contribution >= 0.6 is 11.8 Å². The van der Waals surface area contributed by atoms with Gasteiger partial charge in [-0.1, -0.05) is 24.3 Å². The molecule has 1 heterocycles. The van der Waals surface area contributed by atoms with E-state index in [1.54, 1.807) is 0 Å². The largest absolute Gasteiger partial charge is 0.329 e. The topological polar surface area (TPSA) is 38.9 Å². The number of benzene rings is 1. The number of thioether (sulfide) groups is 1. The third-order valence-corrected chi connectivity index (χ3v) is 4.34. The minimum Gasteiger partial charge on any atom is -0.329 e. The molecule has 2 aromatic rings. The Kier molecular flexibility index (Phi) is 4.79. The normalized spacial score (nSPS) is 12.3. The number of pyridine rings is 1. The van der Waals surface area contributed by atoms with Gasteiger partial charge >= 0.3 is 0 Å². The molecule has 0 saturated heterocycles. The van der Waals surface area contributed by atoms with Crippen LogP contribution in [0.5, 0.6) is 0 Å². The number of nitrogens with two attached hydrogens (primary N) is 1. The van der Waals surface area contributed by atoms with Crippen molar-refractivity contribution in [1.29, 1.82) is 0 Å². The predicted molar refractivity (Wildman–Crippen MR) is 78.5 cm³/mol. The highest BCUT2D eigenvalue weighted by Gasteiger charge is 2.10. The van der Waals surface area contributed by atoms with Crippen molar-refractivity contribution < 1.29 is 0 Å². The molecule has 0 radical (unpaired) electrons. The van der Waals surface area contributed by atoms with Gasteiger partial charge in [-0.2, -0.15) is 0 Å². The van der Waals surface area contributed by atoms with Crippen molar-refractivity contribution in [2.24, 2.45) is 5.73 Å². The second kappa shape index (κ2) is 6.57. The SMILES string of the molecule is Cc1ccccc1CSC(CN)c1ccncc1. The summed E-state index contributed by atoms with van der Waals surface area (Å²) in [6.07, 6.45) is 3.65. The molecule has 18 heavy (non-hydrogen) atoms. The maximum Gasteiger partial charge on any atom is 0.0424 e. The summed E-state index contributed by atoms with van der Waals surface area (Å²) in [7, 11) is 0. The van der Waals surface area contributed by atoms with E-state index in [1.165, 1.54) is 16.7 Å². The van der Waals surface area contributed by atoms with E-state index in [9.17, 15) is 0 Å². The van der Waals surface area contributed by atoms with Crippen LogP contribution in [0.25, 0.3) is 0 Å². The summed E-state index contributed by atoms with van der Waals surface area (Å²) in [6, 6.07) is 12.6. The standard InChI is InChI=1S/C15H18N2S/c1-12-4-2-3-5-14(12)11-18-15(10-16)13-6-8-17-9-7-13/h2-9,15H,10-11,16H2,1H3. The maximum absolute atomic E-state index is 5.87. The van der Waals surface area contributed by atoms with Crippen LogP contribution in [-0.4, -0.2) is 11.5 Å². The lowest BCUT2D eigenvalue weighted by Crippen LogP contribution is -2.09. The van der Waals surface area contributed by atoms with Crippen LogP contribution in [0.4, 0.5) is 0 Å². The Bertz CT molecular complexity index is 485. The highest BCUT2D eigenvalue weighted by atomic mass is 32.2. The van der Waals surface area contributed by atoms with Gasteiger partial charge in [-0.3, -0.25) is 4.98 Å². The highest BCUT2D eigenvalue weighted by Crippen LogP contribution is 2.30. The molecule has 0 saturated carbocycles. The van der Waals surface area contributed by atoms with Crippen LogP contribution in [0.2, 0.25) is 0 Å². The van der Waals surface area contributed by atoms with Crippen LogP contribution in [-0.2, 0) is 5.75 Å². The Hall–Kier alpha value is -1.32. The van der Waals surface area contributed by atoms with E-state index >= 15 is 0 Å². The number of aryl methyl sites for hydroxylation is 1. The van der Waals surface area contributed by atoms with Gasteiger partial charge in [-0.25, -0.2) is 0 Å². The van der Waals surface area contributed by atoms with Crippen molar-refractivity contribution in [2.45, 2.75) is 17.9 Å². The molecule has 3 heteroatoms. The Morgan fingerprint density at radius 3 is 2.56 bits per heavy atom. The van der Waals surface area contributed by atoms with Crippen LogP contribution in [0, 0.1) is 6.92 Å². The molecule has 0 spiro atoms. The van der Waals surface area contributed by atoms with Crippen molar-refractivity contribution in [3.8, 4) is 0 Å². The first-order chi connectivity index (χ1) is 8.81. The molecular weight excluding hydrogens is 240 g/mol. The first kappa shape index (κ1) is 13.1. The van der Waals surface area contributed by atoms with Crippen molar-refractivity contribution in [1.82, 2.24) is 4.98 Å². The molecule has 2 rings (SSSR count). The van der Waals surface area contributed by atoms with Gasteiger partial charge in [0.05, 0.1) is 0 Å². The van der Waals surface area contributed by atoms with Gasteiger partial charge < -0.3 is 5.73 Å². The molecule has 1 atom stereocenters. The van der Waals surface area contributed by atoms with E-state index in [0.717, 1.165) is 5.75 Å². The highest BCUT2D eigenvalue weighted by molar-refractivity contribution is 7.98. The summed E-state index contributed by atoms with van der Waals surface area (Å²) in [5, 5.41) is 0.340. The fraction of sp³-hybridized carbons (Fsp3) is 0.267. The monoisotopic (exact) mass is 258 g/mol. The number of nitrogens with zero attached hydrogens (tertiary/aromatic N) is 1. The molecule has 1 aromatic heterocycles.